The third kappa shape index (κ3) is 5.55. The Balaban J connectivity index is 1.41. The van der Waals surface area contributed by atoms with Gasteiger partial charge in [0.05, 0.1) is 17.7 Å². The number of anilines is 3. The Morgan fingerprint density at radius 1 is 1.21 bits per heavy atom. The second-order valence-corrected chi connectivity index (χ2v) is 10.3. The van der Waals surface area contributed by atoms with Crippen molar-refractivity contribution in [3.63, 3.8) is 0 Å². The van der Waals surface area contributed by atoms with Crippen molar-refractivity contribution in [1.29, 1.82) is 0 Å². The van der Waals surface area contributed by atoms with Crippen molar-refractivity contribution in [3.8, 4) is 0 Å². The fourth-order valence-electron chi connectivity index (χ4n) is 4.76. The molecular weight excluding hydrogens is 474 g/mol. The highest BCUT2D eigenvalue weighted by Gasteiger charge is 2.46. The van der Waals surface area contributed by atoms with Crippen LogP contribution in [0.1, 0.15) is 58.6 Å². The van der Waals surface area contributed by atoms with Crippen molar-refractivity contribution in [2.75, 3.05) is 23.3 Å². The number of nitrogens with zero attached hydrogens (tertiary/aromatic N) is 5. The summed E-state index contributed by atoms with van der Waals surface area (Å²) in [7, 11) is 0. The predicted molar refractivity (Wildman–Crippen MR) is 156 cm³/mol. The lowest BCUT2D eigenvalue weighted by Gasteiger charge is -2.25. The number of hydrogen-bond donors (Lipinski definition) is 2. The van der Waals surface area contributed by atoms with Gasteiger partial charge in [-0.25, -0.2) is 4.98 Å². The Hall–Kier alpha value is -3.78. The maximum absolute atomic E-state index is 13.1. The molecule has 2 aromatic rings. The van der Waals surface area contributed by atoms with Crippen LogP contribution in [0.5, 0.6) is 0 Å². The van der Waals surface area contributed by atoms with E-state index in [1.54, 1.807) is 6.20 Å². The third-order valence-corrected chi connectivity index (χ3v) is 7.35. The lowest BCUT2D eigenvalue weighted by molar-refractivity contribution is -0.122. The third-order valence-electron chi connectivity index (χ3n) is 7.35. The number of rotatable bonds is 10. The molecule has 200 valence electrons. The largest absolute Gasteiger partial charge is 0.324 e. The number of carbonyl (C=O) groups is 1. The van der Waals surface area contributed by atoms with E-state index in [-0.39, 0.29) is 11.9 Å². The molecule has 1 atom stereocenters. The molecule has 3 heterocycles. The van der Waals surface area contributed by atoms with Crippen LogP contribution in [0.3, 0.4) is 0 Å². The van der Waals surface area contributed by atoms with Gasteiger partial charge in [0.25, 0.3) is 0 Å². The molecule has 2 N–H and O–H groups in total. The second-order valence-electron chi connectivity index (χ2n) is 10.3. The maximum atomic E-state index is 13.1. The van der Waals surface area contributed by atoms with Crippen molar-refractivity contribution in [1.82, 2.24) is 20.3 Å². The van der Waals surface area contributed by atoms with Crippen LogP contribution in [-0.4, -0.2) is 46.7 Å². The molecule has 0 spiro atoms. The number of benzene rings is 1. The first kappa shape index (κ1) is 27.3. The fourth-order valence-corrected chi connectivity index (χ4v) is 4.76. The minimum atomic E-state index is -0.622. The summed E-state index contributed by atoms with van der Waals surface area (Å²) in [6, 6.07) is 8.31. The average molecular weight is 514 g/mol. The molecule has 0 fully saturated rings. The van der Waals surface area contributed by atoms with E-state index in [2.05, 4.69) is 72.5 Å². The highest BCUT2D eigenvalue weighted by molar-refractivity contribution is 6.07. The van der Waals surface area contributed by atoms with Gasteiger partial charge in [-0.05, 0) is 63.0 Å². The molecule has 1 aromatic heterocycles. The maximum Gasteiger partial charge on any atom is 0.238 e. The Bertz CT molecular complexity index is 1260. The minimum absolute atomic E-state index is 0.0761. The molecular formula is C30H39N7O. The van der Waals surface area contributed by atoms with Gasteiger partial charge in [0.15, 0.2) is 0 Å². The van der Waals surface area contributed by atoms with Gasteiger partial charge in [-0.15, -0.1) is 0 Å². The quantitative estimate of drug-likeness (QED) is 0.412. The van der Waals surface area contributed by atoms with Crippen molar-refractivity contribution in [2.45, 2.75) is 65.5 Å². The van der Waals surface area contributed by atoms with Crippen LogP contribution in [0.4, 0.5) is 17.5 Å². The summed E-state index contributed by atoms with van der Waals surface area (Å²) in [5.41, 5.74) is 4.72. The fraction of sp³-hybridized carbons (Fsp3) is 0.400. The van der Waals surface area contributed by atoms with Crippen molar-refractivity contribution in [2.24, 2.45) is 5.10 Å². The number of amides is 1. The summed E-state index contributed by atoms with van der Waals surface area (Å²) >= 11 is 0. The van der Waals surface area contributed by atoms with Gasteiger partial charge in [0, 0.05) is 43.3 Å². The zero-order valence-corrected chi connectivity index (χ0v) is 23.2. The number of hydrogen-bond acceptors (Lipinski definition) is 7. The van der Waals surface area contributed by atoms with Crippen molar-refractivity contribution >= 4 is 30.1 Å². The van der Waals surface area contributed by atoms with Gasteiger partial charge < -0.3 is 10.6 Å². The molecule has 0 bridgehead atoms. The summed E-state index contributed by atoms with van der Waals surface area (Å²) in [5, 5.41) is 13.0. The normalized spacial score (nSPS) is 18.3. The standard InChI is InChI=1S/C30H39N7O/c1-7-21(3)37-27-25(30(4,5)28(37)38)20-33-29(35-27)34-24-15-13-22(14-16-24)18-32-19-23(8-2)26-12-10-9-11-17-36(26)31-6/h9-16,20-21,32H,6-8,17-19H2,1-5H3,(H,33,34,35)/b26-23+. The number of hydrazone groups is 1. The first-order valence-electron chi connectivity index (χ1n) is 13.4. The minimum Gasteiger partial charge on any atom is -0.324 e. The second kappa shape index (κ2) is 11.7. The van der Waals surface area contributed by atoms with Gasteiger partial charge in [-0.3, -0.25) is 14.7 Å². The van der Waals surface area contributed by atoms with Gasteiger partial charge in [0.1, 0.15) is 5.82 Å². The topological polar surface area (TPSA) is 85.8 Å². The number of fused-ring (bicyclic) bond motifs is 1. The molecule has 2 aliphatic heterocycles. The number of nitrogens with one attached hydrogen (secondary N) is 2. The molecule has 8 heteroatoms. The molecule has 8 nitrogen and oxygen atoms in total. The van der Waals surface area contributed by atoms with Gasteiger partial charge in [-0.1, -0.05) is 44.2 Å². The van der Waals surface area contributed by atoms with E-state index in [1.807, 2.05) is 48.0 Å². The average Bonchev–Trinajstić information content (AvgIpc) is 3.06. The lowest BCUT2D eigenvalue weighted by Crippen LogP contribution is -2.41. The van der Waals surface area contributed by atoms with E-state index in [0.717, 1.165) is 49.4 Å². The monoisotopic (exact) mass is 513 g/mol. The van der Waals surface area contributed by atoms with E-state index < -0.39 is 5.41 Å². The molecule has 1 amide bonds. The van der Waals surface area contributed by atoms with Gasteiger partial charge >= 0.3 is 0 Å². The Labute approximate surface area is 226 Å². The van der Waals surface area contributed by atoms with E-state index in [1.165, 1.54) is 11.1 Å². The van der Waals surface area contributed by atoms with Gasteiger partial charge in [0.2, 0.25) is 11.9 Å². The van der Waals surface area contributed by atoms with Crippen LogP contribution in [-0.2, 0) is 16.8 Å². The van der Waals surface area contributed by atoms with Crippen LogP contribution in [0.2, 0.25) is 0 Å². The Morgan fingerprint density at radius 3 is 2.66 bits per heavy atom. The number of aromatic nitrogens is 2. The van der Waals surface area contributed by atoms with Crippen molar-refractivity contribution in [3.05, 3.63) is 77.2 Å². The van der Waals surface area contributed by atoms with Crippen LogP contribution in [0.25, 0.3) is 0 Å². The van der Waals surface area contributed by atoms with Crippen LogP contribution >= 0.6 is 0 Å². The molecule has 0 saturated carbocycles. The molecule has 38 heavy (non-hydrogen) atoms. The number of allylic oxidation sites excluding steroid dienone is 3. The molecule has 0 saturated heterocycles. The summed E-state index contributed by atoms with van der Waals surface area (Å²) < 4.78 is 0. The summed E-state index contributed by atoms with van der Waals surface area (Å²) in [6.07, 6.45) is 11.8. The highest BCUT2D eigenvalue weighted by atomic mass is 16.2. The molecule has 1 unspecified atom stereocenters. The van der Waals surface area contributed by atoms with Crippen LogP contribution < -0.4 is 15.5 Å². The van der Waals surface area contributed by atoms with Gasteiger partial charge in [-0.2, -0.15) is 10.1 Å². The lowest BCUT2D eigenvalue weighted by atomic mass is 9.88. The highest BCUT2D eigenvalue weighted by Crippen LogP contribution is 2.41. The van der Waals surface area contributed by atoms with E-state index in [4.69, 9.17) is 4.98 Å². The zero-order chi connectivity index (χ0) is 27.3. The summed E-state index contributed by atoms with van der Waals surface area (Å²) in [5.74, 6) is 1.27. The first-order chi connectivity index (χ1) is 18.3. The molecule has 4 rings (SSSR count). The smallest absolute Gasteiger partial charge is 0.238 e. The van der Waals surface area contributed by atoms with Crippen LogP contribution in [0.15, 0.2) is 71.1 Å². The molecule has 1 aromatic carbocycles. The molecule has 0 aliphatic carbocycles. The Morgan fingerprint density at radius 2 is 1.97 bits per heavy atom. The molecule has 2 aliphatic rings. The van der Waals surface area contributed by atoms with E-state index in [9.17, 15) is 4.79 Å². The summed E-state index contributed by atoms with van der Waals surface area (Å²) in [6.45, 7) is 16.1. The summed E-state index contributed by atoms with van der Waals surface area (Å²) in [4.78, 5) is 24.2. The Kier molecular flexibility index (Phi) is 8.42. The van der Waals surface area contributed by atoms with E-state index >= 15 is 0 Å². The number of carbonyl (C=O) groups excluding carboxylic acids is 1. The van der Waals surface area contributed by atoms with Crippen molar-refractivity contribution < 1.29 is 4.79 Å². The first-order valence-corrected chi connectivity index (χ1v) is 13.4. The predicted octanol–water partition coefficient (Wildman–Crippen LogP) is 5.44. The van der Waals surface area contributed by atoms with Crippen LogP contribution in [0, 0.1) is 0 Å². The molecule has 0 radical (unpaired) electrons. The SMILES string of the molecule is C=NN1CC=CC=C/C1=C(/CC)CNCc1ccc(Nc2ncc3c(n2)N(C(C)CC)C(=O)C3(C)C)cc1. The zero-order valence-electron chi connectivity index (χ0n) is 23.2. The van der Waals surface area contributed by atoms with E-state index in [0.29, 0.717) is 11.8 Å².